The number of carbonyl (C=O) groups excluding carboxylic acids is 1. The van der Waals surface area contributed by atoms with Crippen molar-refractivity contribution in [2.45, 2.75) is 39.2 Å². The van der Waals surface area contributed by atoms with E-state index in [9.17, 15) is 4.79 Å². The van der Waals surface area contributed by atoms with Crippen molar-refractivity contribution in [3.05, 3.63) is 30.6 Å². The van der Waals surface area contributed by atoms with Crippen LogP contribution in [0.15, 0.2) is 30.6 Å². The quantitative estimate of drug-likeness (QED) is 0.878. The second-order valence-corrected chi connectivity index (χ2v) is 7.69. The van der Waals surface area contributed by atoms with Crippen LogP contribution in [0.3, 0.4) is 0 Å². The number of ether oxygens (including phenoxy) is 1. The van der Waals surface area contributed by atoms with E-state index < -0.39 is 5.60 Å². The minimum absolute atomic E-state index is 0.339. The van der Waals surface area contributed by atoms with Crippen LogP contribution in [0.25, 0.3) is 11.3 Å². The van der Waals surface area contributed by atoms with Crippen molar-refractivity contribution in [1.29, 1.82) is 0 Å². The predicted molar refractivity (Wildman–Crippen MR) is 101 cm³/mol. The smallest absolute Gasteiger partial charge is 0.407 e. The van der Waals surface area contributed by atoms with Crippen molar-refractivity contribution < 1.29 is 9.53 Å². The van der Waals surface area contributed by atoms with Gasteiger partial charge < -0.3 is 15.0 Å². The molecular weight excluding hydrogens is 330 g/mol. The number of hydrogen-bond donors (Lipinski definition) is 2. The number of piperidine rings is 1. The summed E-state index contributed by atoms with van der Waals surface area (Å²) in [5.74, 6) is 1.44. The first-order chi connectivity index (χ1) is 12.4. The Bertz CT molecular complexity index is 715. The van der Waals surface area contributed by atoms with Gasteiger partial charge >= 0.3 is 6.09 Å². The lowest BCUT2D eigenvalue weighted by atomic mass is 9.97. The zero-order valence-corrected chi connectivity index (χ0v) is 15.7. The average molecular weight is 357 g/mol. The Kier molecular flexibility index (Phi) is 5.44. The van der Waals surface area contributed by atoms with Gasteiger partial charge in [-0.1, -0.05) is 0 Å². The zero-order valence-electron chi connectivity index (χ0n) is 15.7. The van der Waals surface area contributed by atoms with Gasteiger partial charge in [0, 0.05) is 43.7 Å². The van der Waals surface area contributed by atoms with E-state index in [1.807, 2.05) is 32.9 Å². The number of rotatable bonds is 4. The number of H-pyrrole nitrogens is 1. The van der Waals surface area contributed by atoms with Crippen LogP contribution in [0.1, 0.15) is 33.6 Å². The number of pyridine rings is 1. The Morgan fingerprint density at radius 3 is 2.65 bits per heavy atom. The molecule has 140 valence electrons. The van der Waals surface area contributed by atoms with Crippen molar-refractivity contribution in [1.82, 2.24) is 20.5 Å². The number of amides is 1. The maximum absolute atomic E-state index is 11.8. The molecule has 2 aromatic rings. The third-order valence-corrected chi connectivity index (χ3v) is 4.43. The molecule has 26 heavy (non-hydrogen) atoms. The van der Waals surface area contributed by atoms with Gasteiger partial charge in [-0.25, -0.2) is 4.79 Å². The fraction of sp³-hybridized carbons (Fsp3) is 0.526. The van der Waals surface area contributed by atoms with Crippen LogP contribution in [-0.2, 0) is 4.74 Å². The van der Waals surface area contributed by atoms with Crippen LogP contribution in [0.2, 0.25) is 0 Å². The number of aromatic nitrogens is 3. The summed E-state index contributed by atoms with van der Waals surface area (Å²) in [5.41, 5.74) is 1.62. The van der Waals surface area contributed by atoms with Gasteiger partial charge in [-0.15, -0.1) is 0 Å². The maximum atomic E-state index is 11.8. The second kappa shape index (κ2) is 7.76. The third-order valence-electron chi connectivity index (χ3n) is 4.43. The molecule has 0 bridgehead atoms. The predicted octanol–water partition coefficient (Wildman–Crippen LogP) is 3.21. The van der Waals surface area contributed by atoms with Crippen LogP contribution in [0.5, 0.6) is 0 Å². The first-order valence-corrected chi connectivity index (χ1v) is 9.08. The Morgan fingerprint density at radius 1 is 1.31 bits per heavy atom. The topological polar surface area (TPSA) is 83.1 Å². The molecule has 0 aliphatic carbocycles. The molecule has 0 spiro atoms. The van der Waals surface area contributed by atoms with E-state index >= 15 is 0 Å². The van der Waals surface area contributed by atoms with E-state index in [1.165, 1.54) is 0 Å². The van der Waals surface area contributed by atoms with Gasteiger partial charge in [0.15, 0.2) is 5.82 Å². The number of hydrogen-bond acceptors (Lipinski definition) is 5. The number of carbonyl (C=O) groups is 1. The number of anilines is 1. The summed E-state index contributed by atoms with van der Waals surface area (Å²) in [7, 11) is 0. The summed E-state index contributed by atoms with van der Waals surface area (Å²) < 4.78 is 5.28. The standard InChI is InChI=1S/C19H27N5O2/c1-19(2,3)26-18(25)21-13-14-6-10-24(11-7-14)17-12-16(22-23-17)15-4-8-20-9-5-15/h4-5,8-9,12,14H,6-7,10-11,13H2,1-3H3,(H,21,25)(H,22,23). The van der Waals surface area contributed by atoms with Crippen LogP contribution >= 0.6 is 0 Å². The summed E-state index contributed by atoms with van der Waals surface area (Å²) in [4.78, 5) is 18.1. The molecule has 2 N–H and O–H groups in total. The number of nitrogens with zero attached hydrogens (tertiary/aromatic N) is 3. The van der Waals surface area contributed by atoms with Gasteiger partial charge in [0.25, 0.3) is 0 Å². The van der Waals surface area contributed by atoms with Crippen LogP contribution in [0, 0.1) is 5.92 Å². The van der Waals surface area contributed by atoms with Gasteiger partial charge in [-0.3, -0.25) is 10.1 Å². The normalized spacial score (nSPS) is 15.7. The molecule has 0 saturated carbocycles. The molecule has 0 unspecified atom stereocenters. The molecule has 1 saturated heterocycles. The maximum Gasteiger partial charge on any atom is 0.407 e. The fourth-order valence-electron chi connectivity index (χ4n) is 3.06. The molecular formula is C19H27N5O2. The largest absolute Gasteiger partial charge is 0.444 e. The monoisotopic (exact) mass is 357 g/mol. The minimum Gasteiger partial charge on any atom is -0.444 e. The van der Waals surface area contributed by atoms with E-state index in [0.29, 0.717) is 12.5 Å². The Balaban J connectivity index is 1.47. The highest BCUT2D eigenvalue weighted by atomic mass is 16.6. The number of aromatic amines is 1. The van der Waals surface area contributed by atoms with Crippen LogP contribution in [-0.4, -0.2) is 46.5 Å². The molecule has 3 heterocycles. The molecule has 7 heteroatoms. The van der Waals surface area contributed by atoms with E-state index in [4.69, 9.17) is 4.74 Å². The molecule has 3 rings (SSSR count). The highest BCUT2D eigenvalue weighted by Crippen LogP contribution is 2.25. The summed E-state index contributed by atoms with van der Waals surface area (Å²) in [6.07, 6.45) is 5.26. The van der Waals surface area contributed by atoms with Crippen LogP contribution in [0.4, 0.5) is 10.6 Å². The third kappa shape index (κ3) is 4.97. The minimum atomic E-state index is -0.458. The van der Waals surface area contributed by atoms with Crippen molar-refractivity contribution in [3.63, 3.8) is 0 Å². The highest BCUT2D eigenvalue weighted by Gasteiger charge is 2.23. The van der Waals surface area contributed by atoms with Crippen molar-refractivity contribution in [2.24, 2.45) is 5.92 Å². The first-order valence-electron chi connectivity index (χ1n) is 9.08. The van der Waals surface area contributed by atoms with Gasteiger partial charge in [0.05, 0.1) is 5.69 Å². The van der Waals surface area contributed by atoms with Crippen molar-refractivity contribution in [2.75, 3.05) is 24.5 Å². The molecule has 1 aliphatic heterocycles. The van der Waals surface area contributed by atoms with Gasteiger partial charge in [-0.2, -0.15) is 5.10 Å². The lowest BCUT2D eigenvalue weighted by Gasteiger charge is -2.32. The fourth-order valence-corrected chi connectivity index (χ4v) is 3.06. The summed E-state index contributed by atoms with van der Waals surface area (Å²) in [6, 6.07) is 6.01. The lowest BCUT2D eigenvalue weighted by molar-refractivity contribution is 0.0517. The molecule has 0 aromatic carbocycles. The molecule has 0 radical (unpaired) electrons. The Labute approximate surface area is 154 Å². The Morgan fingerprint density at radius 2 is 2.00 bits per heavy atom. The molecule has 2 aromatic heterocycles. The molecule has 1 aliphatic rings. The summed E-state index contributed by atoms with van der Waals surface area (Å²) in [6.45, 7) is 8.13. The molecule has 1 amide bonds. The van der Waals surface area contributed by atoms with Gasteiger partial charge in [0.2, 0.25) is 0 Å². The SMILES string of the molecule is CC(C)(C)OC(=O)NCC1CCN(c2cc(-c3ccncc3)[nH]n2)CC1. The molecule has 7 nitrogen and oxygen atoms in total. The molecule has 0 atom stereocenters. The second-order valence-electron chi connectivity index (χ2n) is 7.69. The van der Waals surface area contributed by atoms with Crippen LogP contribution < -0.4 is 10.2 Å². The van der Waals surface area contributed by atoms with Crippen molar-refractivity contribution >= 4 is 11.9 Å². The molecule has 1 fully saturated rings. The summed E-state index contributed by atoms with van der Waals surface area (Å²) in [5, 5.41) is 10.4. The summed E-state index contributed by atoms with van der Waals surface area (Å²) >= 11 is 0. The van der Waals surface area contributed by atoms with E-state index in [2.05, 4.69) is 31.5 Å². The van der Waals surface area contributed by atoms with E-state index in [1.54, 1.807) is 12.4 Å². The average Bonchev–Trinajstić information content (AvgIpc) is 3.10. The van der Waals surface area contributed by atoms with Gasteiger partial charge in [-0.05, 0) is 51.7 Å². The first kappa shape index (κ1) is 18.2. The Hall–Kier alpha value is -2.57. The van der Waals surface area contributed by atoms with Crippen molar-refractivity contribution in [3.8, 4) is 11.3 Å². The number of alkyl carbamates (subject to hydrolysis) is 1. The lowest BCUT2D eigenvalue weighted by Crippen LogP contribution is -2.40. The van der Waals surface area contributed by atoms with Gasteiger partial charge in [0.1, 0.15) is 5.60 Å². The number of nitrogens with one attached hydrogen (secondary N) is 2. The zero-order chi connectivity index (χ0) is 18.6. The highest BCUT2D eigenvalue weighted by molar-refractivity contribution is 5.67. The van der Waals surface area contributed by atoms with E-state index in [0.717, 1.165) is 43.0 Å². The van der Waals surface area contributed by atoms with E-state index in [-0.39, 0.29) is 6.09 Å².